The van der Waals surface area contributed by atoms with Crippen molar-refractivity contribution in [2.45, 2.75) is 32.0 Å². The van der Waals surface area contributed by atoms with Gasteiger partial charge in [-0.3, -0.25) is 4.79 Å². The predicted octanol–water partition coefficient (Wildman–Crippen LogP) is 3.41. The van der Waals surface area contributed by atoms with Crippen molar-refractivity contribution in [3.63, 3.8) is 0 Å². The second-order valence-electron chi connectivity index (χ2n) is 6.43. The van der Waals surface area contributed by atoms with Gasteiger partial charge in [0.15, 0.2) is 0 Å². The van der Waals surface area contributed by atoms with Crippen molar-refractivity contribution in [2.75, 3.05) is 20.8 Å². The van der Waals surface area contributed by atoms with E-state index < -0.39 is 0 Å². The summed E-state index contributed by atoms with van der Waals surface area (Å²) < 4.78 is 16.2. The maximum atomic E-state index is 12.2. The fourth-order valence-electron chi connectivity index (χ4n) is 3.15. The number of benzene rings is 2. The van der Waals surface area contributed by atoms with Crippen LogP contribution in [-0.4, -0.2) is 37.7 Å². The van der Waals surface area contributed by atoms with E-state index in [1.165, 1.54) is 0 Å². The molecule has 1 fully saturated rings. The zero-order valence-corrected chi connectivity index (χ0v) is 15.3. The molecular weight excluding hydrogens is 330 g/mol. The van der Waals surface area contributed by atoms with Crippen LogP contribution < -0.4 is 9.47 Å². The monoisotopic (exact) mass is 355 g/mol. The molecule has 1 aliphatic heterocycles. The topological polar surface area (TPSA) is 48.0 Å². The van der Waals surface area contributed by atoms with E-state index in [1.807, 2.05) is 53.4 Å². The molecule has 3 rings (SSSR count). The third kappa shape index (κ3) is 4.55. The predicted molar refractivity (Wildman–Crippen MR) is 99.2 cm³/mol. The number of hydrogen-bond acceptors (Lipinski definition) is 4. The van der Waals surface area contributed by atoms with Crippen LogP contribution in [0.15, 0.2) is 48.5 Å². The second kappa shape index (κ2) is 8.72. The van der Waals surface area contributed by atoms with Crippen LogP contribution in [0.25, 0.3) is 0 Å². The average molecular weight is 355 g/mol. The van der Waals surface area contributed by atoms with Gasteiger partial charge in [-0.1, -0.05) is 24.3 Å². The lowest BCUT2D eigenvalue weighted by Crippen LogP contribution is -2.35. The summed E-state index contributed by atoms with van der Waals surface area (Å²) in [5.74, 6) is 1.85. The highest BCUT2D eigenvalue weighted by atomic mass is 16.5. The summed E-state index contributed by atoms with van der Waals surface area (Å²) in [6, 6.07) is 15.8. The highest BCUT2D eigenvalue weighted by Crippen LogP contribution is 2.23. The van der Waals surface area contributed by atoms with E-state index in [1.54, 1.807) is 14.2 Å². The van der Waals surface area contributed by atoms with E-state index in [2.05, 4.69) is 0 Å². The van der Waals surface area contributed by atoms with Crippen molar-refractivity contribution >= 4 is 5.91 Å². The molecule has 1 heterocycles. The molecule has 0 saturated carbocycles. The van der Waals surface area contributed by atoms with Gasteiger partial charge >= 0.3 is 0 Å². The van der Waals surface area contributed by atoms with Crippen LogP contribution >= 0.6 is 0 Å². The Balaban J connectivity index is 1.53. The minimum Gasteiger partial charge on any atom is -0.497 e. The van der Waals surface area contributed by atoms with Crippen molar-refractivity contribution < 1.29 is 19.0 Å². The summed E-state index contributed by atoms with van der Waals surface area (Å²) in [7, 11) is 3.30. The molecule has 0 unspecified atom stereocenters. The molecule has 2 aromatic carbocycles. The molecule has 2 aromatic rings. The third-order valence-electron chi connectivity index (χ3n) is 4.70. The summed E-state index contributed by atoms with van der Waals surface area (Å²) in [5.41, 5.74) is 2.19. The van der Waals surface area contributed by atoms with E-state index in [0.29, 0.717) is 26.2 Å². The molecule has 0 radical (unpaired) electrons. The molecule has 26 heavy (non-hydrogen) atoms. The molecular formula is C21H25NO4. The minimum absolute atomic E-state index is 0.128. The van der Waals surface area contributed by atoms with Crippen molar-refractivity contribution in [3.8, 4) is 11.5 Å². The first-order valence-corrected chi connectivity index (χ1v) is 8.82. The fraction of sp³-hybridized carbons (Fsp3) is 0.381. The van der Waals surface area contributed by atoms with Crippen molar-refractivity contribution in [1.82, 2.24) is 4.90 Å². The molecule has 138 valence electrons. The van der Waals surface area contributed by atoms with Gasteiger partial charge in [-0.15, -0.1) is 0 Å². The average Bonchev–Trinajstić information content (AvgIpc) is 3.03. The first-order chi connectivity index (χ1) is 12.7. The largest absolute Gasteiger partial charge is 0.497 e. The second-order valence-corrected chi connectivity index (χ2v) is 6.43. The smallest absolute Gasteiger partial charge is 0.223 e. The minimum atomic E-state index is 0.128. The number of ether oxygens (including phenoxy) is 3. The normalized spacial score (nSPS) is 16.8. The molecule has 1 atom stereocenters. The number of carbonyl (C=O) groups excluding carboxylic acids is 1. The fourth-order valence-corrected chi connectivity index (χ4v) is 3.15. The van der Waals surface area contributed by atoms with E-state index in [-0.39, 0.29) is 11.9 Å². The lowest BCUT2D eigenvalue weighted by atomic mass is 10.2. The van der Waals surface area contributed by atoms with Gasteiger partial charge in [-0.2, -0.15) is 0 Å². The van der Waals surface area contributed by atoms with Gasteiger partial charge in [-0.05, 0) is 41.8 Å². The molecule has 1 saturated heterocycles. The molecule has 0 aliphatic carbocycles. The molecule has 5 heteroatoms. The number of nitrogens with zero attached hydrogens (tertiary/aromatic N) is 1. The number of carbonyl (C=O) groups is 1. The molecule has 0 spiro atoms. The zero-order valence-electron chi connectivity index (χ0n) is 15.3. The highest BCUT2D eigenvalue weighted by molar-refractivity contribution is 5.78. The zero-order chi connectivity index (χ0) is 18.4. The number of amides is 1. The van der Waals surface area contributed by atoms with Crippen molar-refractivity contribution in [3.05, 3.63) is 59.7 Å². The molecule has 0 bridgehead atoms. The Labute approximate surface area is 154 Å². The Hall–Kier alpha value is -2.53. The summed E-state index contributed by atoms with van der Waals surface area (Å²) >= 11 is 0. The SMILES string of the molecule is COc1ccc(COC[C@@H]2CCC(=O)N2Cc2ccc(OC)cc2)cc1. The van der Waals surface area contributed by atoms with Gasteiger partial charge in [0.25, 0.3) is 0 Å². The molecule has 1 amide bonds. The summed E-state index contributed by atoms with van der Waals surface area (Å²) in [6.45, 7) is 1.69. The Morgan fingerprint density at radius 3 is 2.08 bits per heavy atom. The third-order valence-corrected chi connectivity index (χ3v) is 4.70. The van der Waals surface area contributed by atoms with Gasteiger partial charge < -0.3 is 19.1 Å². The standard InChI is InChI=1S/C21H25NO4/c1-24-19-8-3-16(4-9-19)13-22-18(7-12-21(22)23)15-26-14-17-5-10-20(25-2)11-6-17/h3-6,8-11,18H,7,12-15H2,1-2H3/t18-/m0/s1. The Kier molecular flexibility index (Phi) is 6.12. The maximum absolute atomic E-state index is 12.2. The summed E-state index contributed by atoms with van der Waals surface area (Å²) in [6.07, 6.45) is 1.43. The molecule has 0 N–H and O–H groups in total. The number of likely N-dealkylation sites (tertiary alicyclic amines) is 1. The first kappa shape index (κ1) is 18.3. The lowest BCUT2D eigenvalue weighted by Gasteiger charge is -2.25. The number of rotatable bonds is 8. The Morgan fingerprint density at radius 2 is 1.50 bits per heavy atom. The van der Waals surface area contributed by atoms with E-state index in [9.17, 15) is 4.79 Å². The highest BCUT2D eigenvalue weighted by Gasteiger charge is 2.30. The van der Waals surface area contributed by atoms with Crippen LogP contribution in [0.3, 0.4) is 0 Å². The van der Waals surface area contributed by atoms with E-state index in [4.69, 9.17) is 14.2 Å². The summed E-state index contributed by atoms with van der Waals surface area (Å²) in [4.78, 5) is 14.2. The van der Waals surface area contributed by atoms with Crippen molar-refractivity contribution in [2.24, 2.45) is 0 Å². The summed E-state index contributed by atoms with van der Waals surface area (Å²) in [5, 5.41) is 0. The molecule has 0 aromatic heterocycles. The van der Waals surface area contributed by atoms with Crippen LogP contribution in [0.1, 0.15) is 24.0 Å². The van der Waals surface area contributed by atoms with Gasteiger partial charge in [0.1, 0.15) is 11.5 Å². The van der Waals surface area contributed by atoms with Crippen LogP contribution in [-0.2, 0) is 22.7 Å². The number of hydrogen-bond donors (Lipinski definition) is 0. The van der Waals surface area contributed by atoms with Gasteiger partial charge in [0.2, 0.25) is 5.91 Å². The molecule has 5 nitrogen and oxygen atoms in total. The van der Waals surface area contributed by atoms with Gasteiger partial charge in [0, 0.05) is 13.0 Å². The van der Waals surface area contributed by atoms with Crippen LogP contribution in [0, 0.1) is 0 Å². The van der Waals surface area contributed by atoms with Crippen LogP contribution in [0.4, 0.5) is 0 Å². The van der Waals surface area contributed by atoms with Crippen LogP contribution in [0.2, 0.25) is 0 Å². The van der Waals surface area contributed by atoms with Gasteiger partial charge in [0.05, 0.1) is 33.5 Å². The Morgan fingerprint density at radius 1 is 0.923 bits per heavy atom. The van der Waals surface area contributed by atoms with Gasteiger partial charge in [-0.25, -0.2) is 0 Å². The first-order valence-electron chi connectivity index (χ1n) is 8.82. The Bertz CT molecular complexity index is 712. The van der Waals surface area contributed by atoms with E-state index in [0.717, 1.165) is 29.0 Å². The van der Waals surface area contributed by atoms with Crippen LogP contribution in [0.5, 0.6) is 11.5 Å². The number of methoxy groups -OCH3 is 2. The maximum Gasteiger partial charge on any atom is 0.223 e. The van der Waals surface area contributed by atoms with E-state index >= 15 is 0 Å². The lowest BCUT2D eigenvalue weighted by molar-refractivity contribution is -0.130. The van der Waals surface area contributed by atoms with Crippen molar-refractivity contribution in [1.29, 1.82) is 0 Å². The molecule has 1 aliphatic rings. The quantitative estimate of drug-likeness (QED) is 0.728.